The van der Waals surface area contributed by atoms with E-state index >= 15 is 0 Å². The van der Waals surface area contributed by atoms with Crippen molar-refractivity contribution in [3.63, 3.8) is 0 Å². The van der Waals surface area contributed by atoms with E-state index in [2.05, 4.69) is 20.4 Å². The van der Waals surface area contributed by atoms with Crippen LogP contribution in [0.4, 0.5) is 32.3 Å². The van der Waals surface area contributed by atoms with Crippen LogP contribution in [0.1, 0.15) is 50.0 Å². The number of halogens is 6. The Balaban J connectivity index is 1.73. The summed E-state index contributed by atoms with van der Waals surface area (Å²) in [7, 11) is -2.38. The molecule has 0 radical (unpaired) electrons. The summed E-state index contributed by atoms with van der Waals surface area (Å²) in [5.41, 5.74) is -1.23. The van der Waals surface area contributed by atoms with Crippen molar-refractivity contribution in [1.29, 1.82) is 0 Å². The summed E-state index contributed by atoms with van der Waals surface area (Å²) in [4.78, 5) is 41.3. The van der Waals surface area contributed by atoms with Gasteiger partial charge in [-0.05, 0) is 30.6 Å². The lowest BCUT2D eigenvalue weighted by Gasteiger charge is -2.37. The molecule has 3 rings (SSSR count). The molecule has 1 amide bonds. The van der Waals surface area contributed by atoms with E-state index < -0.39 is 49.4 Å². The van der Waals surface area contributed by atoms with E-state index in [-0.39, 0.29) is 48.2 Å². The Kier molecular flexibility index (Phi) is 9.39. The number of anilines is 1. The van der Waals surface area contributed by atoms with Gasteiger partial charge in [-0.25, -0.2) is 15.4 Å². The molecular weight excluding hydrogens is 576 g/mol. The van der Waals surface area contributed by atoms with Crippen LogP contribution in [0.5, 0.6) is 0 Å². The normalized spacial score (nSPS) is 15.9. The number of carbonyl (C=O) groups is 1. The average molecular weight is 608 g/mol. The lowest BCUT2D eigenvalue weighted by molar-refractivity contribution is -0.140. The third-order valence-corrected chi connectivity index (χ3v) is 11.5. The number of H-pyrrole nitrogens is 1. The fourth-order valence-corrected chi connectivity index (χ4v) is 4.47. The number of aromatic amines is 1. The highest BCUT2D eigenvalue weighted by Crippen LogP contribution is 2.37. The van der Waals surface area contributed by atoms with Crippen molar-refractivity contribution in [2.24, 2.45) is 0 Å². The molecule has 0 aromatic carbocycles. The van der Waals surface area contributed by atoms with Crippen molar-refractivity contribution in [2.75, 3.05) is 24.6 Å². The molecule has 0 saturated carbocycles. The monoisotopic (exact) mass is 607 g/mol. The summed E-state index contributed by atoms with van der Waals surface area (Å²) < 4.78 is 84.5. The van der Waals surface area contributed by atoms with Gasteiger partial charge >= 0.3 is 12.4 Å². The minimum Gasteiger partial charge on any atom is -0.414 e. The lowest BCUT2D eigenvalue weighted by Crippen LogP contribution is -2.42. The highest BCUT2D eigenvalue weighted by atomic mass is 28.4. The Morgan fingerprint density at radius 1 is 1.12 bits per heavy atom. The lowest BCUT2D eigenvalue weighted by atomic mass is 10.1. The maximum absolute atomic E-state index is 13.4. The molecule has 0 saturated heterocycles. The van der Waals surface area contributed by atoms with Gasteiger partial charge in [0.2, 0.25) is 5.95 Å². The predicted molar refractivity (Wildman–Crippen MR) is 139 cm³/mol. The number of hydrogen-bond acceptors (Lipinski definition) is 7. The molecule has 226 valence electrons. The Labute approximate surface area is 233 Å². The molecule has 1 aliphatic heterocycles. The van der Waals surface area contributed by atoms with Gasteiger partial charge in [0.25, 0.3) is 11.5 Å². The van der Waals surface area contributed by atoms with Gasteiger partial charge in [0, 0.05) is 42.8 Å². The number of rotatable bonds is 8. The fraction of sp³-hybridized carbons (Fsp3) is 0.520. The molecule has 0 fully saturated rings. The summed E-state index contributed by atoms with van der Waals surface area (Å²) in [5.74, 6) is -0.595. The van der Waals surface area contributed by atoms with Gasteiger partial charge in [0.15, 0.2) is 8.32 Å². The number of alkyl halides is 6. The van der Waals surface area contributed by atoms with Gasteiger partial charge in [-0.1, -0.05) is 26.8 Å². The molecule has 0 aliphatic carbocycles. The fourth-order valence-electron chi connectivity index (χ4n) is 3.47. The van der Waals surface area contributed by atoms with E-state index in [1.54, 1.807) is 4.90 Å². The number of hydroxylamine groups is 1. The number of nitrogens with one attached hydrogen (secondary N) is 2. The summed E-state index contributed by atoms with van der Waals surface area (Å²) in [6.45, 7) is 9.97. The molecule has 2 N–H and O–H groups in total. The minimum absolute atomic E-state index is 0.0563. The second kappa shape index (κ2) is 11.9. The van der Waals surface area contributed by atoms with E-state index in [0.29, 0.717) is 18.5 Å². The summed E-state index contributed by atoms with van der Waals surface area (Å²) in [6.07, 6.45) is -6.55. The molecular formula is C25H31F6N5O4Si. The number of carbonyl (C=O) groups excluding carboxylic acids is 1. The number of hydrogen-bond donors (Lipinski definition) is 2. The zero-order valence-corrected chi connectivity index (χ0v) is 24.0. The Hall–Kier alpha value is -3.24. The number of pyridine rings is 1. The van der Waals surface area contributed by atoms with Gasteiger partial charge in [-0.15, -0.1) is 0 Å². The van der Waals surface area contributed by atoms with E-state index in [0.717, 1.165) is 6.20 Å². The molecule has 1 unspecified atom stereocenters. The van der Waals surface area contributed by atoms with Gasteiger partial charge in [-0.2, -0.15) is 26.3 Å². The second-order valence-electron chi connectivity index (χ2n) is 11.0. The average Bonchev–Trinajstić information content (AvgIpc) is 2.87. The molecule has 0 spiro atoms. The standard InChI is InChI=1S/C25H31F6N5O4Si/c1-23(2,3)41(4,5)39-14-19(16-10-18(25(29,30)31)21(38)32-11-16)40-35-20(37)15-6-8-36(9-7-15)22-33-12-17(13-34-22)24(26,27)28/h6,10-13,19H,7-9,14H2,1-5H3,(H,32,38)(H,35,37). The zero-order valence-electron chi connectivity index (χ0n) is 23.0. The van der Waals surface area contributed by atoms with Crippen molar-refractivity contribution in [3.8, 4) is 0 Å². The van der Waals surface area contributed by atoms with Gasteiger partial charge in [-0.3, -0.25) is 14.4 Å². The molecule has 3 heterocycles. The van der Waals surface area contributed by atoms with Gasteiger partial charge < -0.3 is 14.3 Å². The van der Waals surface area contributed by atoms with Crippen LogP contribution in [0, 0.1) is 0 Å². The molecule has 2 aromatic rings. The van der Waals surface area contributed by atoms with Crippen molar-refractivity contribution in [2.45, 2.75) is 63.8 Å². The Morgan fingerprint density at radius 2 is 1.76 bits per heavy atom. The van der Waals surface area contributed by atoms with Gasteiger partial charge in [0.1, 0.15) is 11.7 Å². The summed E-state index contributed by atoms with van der Waals surface area (Å²) >= 11 is 0. The highest BCUT2D eigenvalue weighted by molar-refractivity contribution is 6.74. The minimum atomic E-state index is -4.91. The third-order valence-electron chi connectivity index (χ3n) is 7.05. The Bertz CT molecular complexity index is 1320. The van der Waals surface area contributed by atoms with Crippen LogP contribution in [0.15, 0.2) is 41.1 Å². The molecule has 9 nitrogen and oxygen atoms in total. The van der Waals surface area contributed by atoms with Crippen LogP contribution in [-0.2, 0) is 26.4 Å². The molecule has 2 aromatic heterocycles. The number of amides is 1. The highest BCUT2D eigenvalue weighted by Gasteiger charge is 2.39. The predicted octanol–water partition coefficient (Wildman–Crippen LogP) is 5.15. The quantitative estimate of drug-likeness (QED) is 0.243. The van der Waals surface area contributed by atoms with Crippen molar-refractivity contribution < 1.29 is 40.4 Å². The van der Waals surface area contributed by atoms with Crippen LogP contribution >= 0.6 is 0 Å². The van der Waals surface area contributed by atoms with Crippen LogP contribution in [0.25, 0.3) is 0 Å². The van der Waals surface area contributed by atoms with E-state index in [9.17, 15) is 35.9 Å². The van der Waals surface area contributed by atoms with Gasteiger partial charge in [0.05, 0.1) is 12.2 Å². The van der Waals surface area contributed by atoms with Crippen LogP contribution < -0.4 is 15.9 Å². The first-order valence-corrected chi connectivity index (χ1v) is 15.4. The molecule has 1 atom stereocenters. The first-order valence-electron chi connectivity index (χ1n) is 12.5. The van der Waals surface area contributed by atoms with E-state index in [1.807, 2.05) is 33.9 Å². The second-order valence-corrected chi connectivity index (χ2v) is 15.8. The molecule has 41 heavy (non-hydrogen) atoms. The van der Waals surface area contributed by atoms with Crippen LogP contribution in [-0.4, -0.2) is 48.9 Å². The first-order chi connectivity index (χ1) is 18.8. The molecule has 16 heteroatoms. The van der Waals surface area contributed by atoms with E-state index in [1.165, 1.54) is 6.08 Å². The van der Waals surface area contributed by atoms with Crippen LogP contribution in [0.2, 0.25) is 18.1 Å². The zero-order chi connectivity index (χ0) is 30.8. The first kappa shape index (κ1) is 32.3. The summed E-state index contributed by atoms with van der Waals surface area (Å²) in [6, 6.07) is 0.659. The SMILES string of the molecule is CC(C)(C)[Si](C)(C)OCC(ONC(=O)C1=CCN(c2ncc(C(F)(F)F)cn2)CC1)c1c[nH]c(=O)c(C(F)(F)F)c1. The van der Waals surface area contributed by atoms with Crippen LogP contribution in [0.3, 0.4) is 0 Å². The third kappa shape index (κ3) is 8.16. The smallest absolute Gasteiger partial charge is 0.414 e. The summed E-state index contributed by atoms with van der Waals surface area (Å²) in [5, 5.41) is -0.224. The van der Waals surface area contributed by atoms with E-state index in [4.69, 9.17) is 9.26 Å². The van der Waals surface area contributed by atoms with Crippen molar-refractivity contribution >= 4 is 20.2 Å². The maximum Gasteiger partial charge on any atom is 0.421 e. The van der Waals surface area contributed by atoms with Crippen molar-refractivity contribution in [3.05, 3.63) is 63.4 Å². The largest absolute Gasteiger partial charge is 0.421 e. The molecule has 1 aliphatic rings. The number of aromatic nitrogens is 3. The topological polar surface area (TPSA) is 109 Å². The number of nitrogens with zero attached hydrogens (tertiary/aromatic N) is 3. The Morgan fingerprint density at radius 3 is 2.27 bits per heavy atom. The van der Waals surface area contributed by atoms with Crippen molar-refractivity contribution in [1.82, 2.24) is 20.4 Å². The molecule has 0 bridgehead atoms. The maximum atomic E-state index is 13.4.